The summed E-state index contributed by atoms with van der Waals surface area (Å²) in [5.74, 6) is -0.382. The van der Waals surface area contributed by atoms with Gasteiger partial charge in [0, 0.05) is 18.1 Å². The molecule has 0 atom stereocenters. The quantitative estimate of drug-likeness (QED) is 0.703. The summed E-state index contributed by atoms with van der Waals surface area (Å²) >= 11 is 0. The maximum absolute atomic E-state index is 12.1. The number of aromatic nitrogens is 2. The van der Waals surface area contributed by atoms with Gasteiger partial charge in [0.25, 0.3) is 5.91 Å². The number of benzene rings is 1. The Kier molecular flexibility index (Phi) is 4.83. The number of nitrogens with zero attached hydrogens (tertiary/aromatic N) is 2. The normalized spacial score (nSPS) is 11.0. The van der Waals surface area contributed by atoms with Crippen LogP contribution in [0.1, 0.15) is 10.5 Å². The van der Waals surface area contributed by atoms with Crippen LogP contribution < -0.4 is 10.5 Å². The van der Waals surface area contributed by atoms with Crippen LogP contribution in [-0.4, -0.2) is 23.7 Å². The second kappa shape index (κ2) is 6.49. The summed E-state index contributed by atoms with van der Waals surface area (Å²) < 4.78 is 24.1. The first-order valence-corrected chi connectivity index (χ1v) is 7.86. The molecule has 1 amide bonds. The van der Waals surface area contributed by atoms with Crippen LogP contribution in [0, 0.1) is 0 Å². The van der Waals surface area contributed by atoms with Crippen LogP contribution in [0.3, 0.4) is 0 Å². The molecule has 0 radical (unpaired) electrons. The Balaban J connectivity index is 0.00000192. The van der Waals surface area contributed by atoms with Crippen LogP contribution in [0.5, 0.6) is 0 Å². The second-order valence-corrected chi connectivity index (χ2v) is 6.18. The van der Waals surface area contributed by atoms with E-state index in [1.807, 2.05) is 6.07 Å². The molecule has 3 N–H and O–H groups in total. The fourth-order valence-electron chi connectivity index (χ4n) is 1.97. The standard InChI is InChI=1S/C14H12N4O3S.BrH/c15-22(20,21)11-6-7-13-17-12(9-18(13)8-11)14(19)16-10-4-2-1-3-5-10;/h1-9H,(H,16,19)(H2,15,20,21);1H. The third-order valence-electron chi connectivity index (χ3n) is 3.02. The highest BCUT2D eigenvalue weighted by atomic mass is 79.9. The lowest BCUT2D eigenvalue weighted by molar-refractivity contribution is 0.102. The van der Waals surface area contributed by atoms with Gasteiger partial charge in [-0.15, -0.1) is 17.0 Å². The number of amides is 1. The minimum atomic E-state index is -3.80. The number of para-hydroxylation sites is 1. The maximum Gasteiger partial charge on any atom is 0.275 e. The molecule has 0 aliphatic carbocycles. The molecule has 0 fully saturated rings. The van der Waals surface area contributed by atoms with Crippen molar-refractivity contribution in [2.24, 2.45) is 5.14 Å². The van der Waals surface area contributed by atoms with Gasteiger partial charge in [-0.25, -0.2) is 18.5 Å². The smallest absolute Gasteiger partial charge is 0.275 e. The van der Waals surface area contributed by atoms with Crippen LogP contribution in [0.15, 0.2) is 59.8 Å². The average Bonchev–Trinajstić information content (AvgIpc) is 2.90. The number of nitrogens with two attached hydrogens (primary N) is 1. The number of anilines is 1. The zero-order valence-electron chi connectivity index (χ0n) is 11.7. The first-order valence-electron chi connectivity index (χ1n) is 6.31. The topological polar surface area (TPSA) is 107 Å². The molecule has 3 aromatic rings. The van der Waals surface area contributed by atoms with E-state index in [1.54, 1.807) is 24.3 Å². The van der Waals surface area contributed by atoms with Gasteiger partial charge in [0.1, 0.15) is 11.3 Å². The van der Waals surface area contributed by atoms with E-state index in [9.17, 15) is 13.2 Å². The lowest BCUT2D eigenvalue weighted by atomic mass is 10.3. The number of imidazole rings is 1. The van der Waals surface area contributed by atoms with E-state index in [4.69, 9.17) is 5.14 Å². The molecule has 3 rings (SSSR count). The minimum absolute atomic E-state index is 0. The van der Waals surface area contributed by atoms with Crippen molar-refractivity contribution in [3.8, 4) is 0 Å². The summed E-state index contributed by atoms with van der Waals surface area (Å²) in [6, 6.07) is 11.8. The SMILES string of the molecule is Br.NS(=O)(=O)c1ccc2nc(C(=O)Nc3ccccc3)cn2c1. The summed E-state index contributed by atoms with van der Waals surface area (Å²) in [6.07, 6.45) is 2.76. The Morgan fingerprint density at radius 1 is 1.09 bits per heavy atom. The van der Waals surface area contributed by atoms with E-state index in [0.29, 0.717) is 11.3 Å². The number of sulfonamides is 1. The van der Waals surface area contributed by atoms with E-state index in [-0.39, 0.29) is 33.5 Å². The molecule has 0 saturated heterocycles. The number of halogens is 1. The Morgan fingerprint density at radius 2 is 1.78 bits per heavy atom. The summed E-state index contributed by atoms with van der Waals surface area (Å²) in [4.78, 5) is 16.2. The number of hydrogen-bond donors (Lipinski definition) is 2. The van der Waals surface area contributed by atoms with Crippen molar-refractivity contribution in [1.82, 2.24) is 9.38 Å². The number of hydrogen-bond acceptors (Lipinski definition) is 4. The zero-order valence-corrected chi connectivity index (χ0v) is 14.2. The van der Waals surface area contributed by atoms with Gasteiger partial charge >= 0.3 is 0 Å². The first-order chi connectivity index (χ1) is 10.4. The lowest BCUT2D eigenvalue weighted by Gasteiger charge is -2.01. The van der Waals surface area contributed by atoms with Crippen LogP contribution in [0.2, 0.25) is 0 Å². The molecule has 0 aliphatic rings. The molecule has 0 unspecified atom stereocenters. The number of primary sulfonamides is 1. The molecule has 9 heteroatoms. The van der Waals surface area contributed by atoms with Gasteiger partial charge in [-0.05, 0) is 24.3 Å². The number of pyridine rings is 1. The predicted octanol–water partition coefficient (Wildman–Crippen LogP) is 1.81. The molecule has 0 aliphatic heterocycles. The highest BCUT2D eigenvalue weighted by molar-refractivity contribution is 8.93. The van der Waals surface area contributed by atoms with Gasteiger partial charge in [-0.3, -0.25) is 4.79 Å². The molecule has 0 saturated carbocycles. The molecular formula is C14H13BrN4O3S. The average molecular weight is 397 g/mol. The number of carbonyl (C=O) groups excluding carboxylic acids is 1. The van der Waals surface area contributed by atoms with E-state index in [2.05, 4.69) is 10.3 Å². The highest BCUT2D eigenvalue weighted by Gasteiger charge is 2.13. The number of rotatable bonds is 3. The van der Waals surface area contributed by atoms with Gasteiger partial charge < -0.3 is 9.72 Å². The molecule has 120 valence electrons. The van der Waals surface area contributed by atoms with Crippen LogP contribution in [0.4, 0.5) is 5.69 Å². The van der Waals surface area contributed by atoms with E-state index in [0.717, 1.165) is 0 Å². The Labute approximate surface area is 143 Å². The van der Waals surface area contributed by atoms with Crippen molar-refractivity contribution in [3.05, 3.63) is 60.6 Å². The minimum Gasteiger partial charge on any atom is -0.321 e. The van der Waals surface area contributed by atoms with Crippen LogP contribution in [0.25, 0.3) is 5.65 Å². The number of fused-ring (bicyclic) bond motifs is 1. The number of nitrogens with one attached hydrogen (secondary N) is 1. The van der Waals surface area contributed by atoms with Crippen LogP contribution >= 0.6 is 17.0 Å². The second-order valence-electron chi connectivity index (χ2n) is 4.62. The van der Waals surface area contributed by atoms with Crippen molar-refractivity contribution in [3.63, 3.8) is 0 Å². The largest absolute Gasteiger partial charge is 0.321 e. The molecular weight excluding hydrogens is 384 g/mol. The Bertz CT molecular complexity index is 955. The van der Waals surface area contributed by atoms with Gasteiger partial charge in [-0.1, -0.05) is 18.2 Å². The molecule has 2 heterocycles. The van der Waals surface area contributed by atoms with Crippen molar-refractivity contribution in [2.45, 2.75) is 4.90 Å². The molecule has 23 heavy (non-hydrogen) atoms. The van der Waals surface area contributed by atoms with Gasteiger partial charge in [0.05, 0.1) is 4.90 Å². The summed E-state index contributed by atoms with van der Waals surface area (Å²) in [6.45, 7) is 0. The lowest BCUT2D eigenvalue weighted by Crippen LogP contribution is -2.12. The molecule has 7 nitrogen and oxygen atoms in total. The van der Waals surface area contributed by atoms with Crippen LogP contribution in [-0.2, 0) is 10.0 Å². The third kappa shape index (κ3) is 3.76. The predicted molar refractivity (Wildman–Crippen MR) is 91.3 cm³/mol. The fraction of sp³-hybridized carbons (Fsp3) is 0. The Morgan fingerprint density at radius 3 is 2.43 bits per heavy atom. The summed E-state index contributed by atoms with van der Waals surface area (Å²) in [5.41, 5.74) is 1.27. The molecule has 1 aromatic carbocycles. The van der Waals surface area contributed by atoms with Crippen molar-refractivity contribution in [1.29, 1.82) is 0 Å². The fourth-order valence-corrected chi connectivity index (χ4v) is 2.48. The van der Waals surface area contributed by atoms with Crippen molar-refractivity contribution >= 4 is 44.2 Å². The Hall–Kier alpha value is -2.23. The van der Waals surface area contributed by atoms with Gasteiger partial charge in [-0.2, -0.15) is 0 Å². The van der Waals surface area contributed by atoms with Gasteiger partial charge in [0.15, 0.2) is 0 Å². The van der Waals surface area contributed by atoms with Gasteiger partial charge in [0.2, 0.25) is 10.0 Å². The van der Waals surface area contributed by atoms with E-state index >= 15 is 0 Å². The number of carbonyl (C=O) groups is 1. The van der Waals surface area contributed by atoms with E-state index in [1.165, 1.54) is 28.9 Å². The van der Waals surface area contributed by atoms with Crippen molar-refractivity contribution < 1.29 is 13.2 Å². The van der Waals surface area contributed by atoms with Crippen molar-refractivity contribution in [2.75, 3.05) is 5.32 Å². The third-order valence-corrected chi connectivity index (χ3v) is 3.92. The summed E-state index contributed by atoms with van der Waals surface area (Å²) in [5, 5.41) is 7.78. The molecule has 0 spiro atoms. The first kappa shape index (κ1) is 17.1. The van der Waals surface area contributed by atoms with E-state index < -0.39 is 10.0 Å². The molecule has 0 bridgehead atoms. The highest BCUT2D eigenvalue weighted by Crippen LogP contribution is 2.13. The molecule has 2 aromatic heterocycles. The maximum atomic E-state index is 12.1. The summed E-state index contributed by atoms with van der Waals surface area (Å²) in [7, 11) is -3.80. The monoisotopic (exact) mass is 396 g/mol. The zero-order chi connectivity index (χ0) is 15.7.